The molecule has 90 valence electrons. The smallest absolute Gasteiger partial charge is 0.123 e. The van der Waals surface area contributed by atoms with E-state index in [1.54, 1.807) is 10.7 Å². The topological polar surface area (TPSA) is 43.8 Å². The molecule has 1 aromatic carbocycles. The number of aromatic nitrogens is 2. The van der Waals surface area contributed by atoms with Crippen LogP contribution >= 0.6 is 0 Å². The summed E-state index contributed by atoms with van der Waals surface area (Å²) >= 11 is 0. The average molecular weight is 233 g/mol. The third kappa shape index (κ3) is 2.36. The Balaban J connectivity index is 2.39. The molecule has 2 rings (SSSR count). The van der Waals surface area contributed by atoms with E-state index >= 15 is 0 Å². The van der Waals surface area contributed by atoms with Crippen molar-refractivity contribution in [1.82, 2.24) is 9.78 Å². The second-order valence-electron chi connectivity index (χ2n) is 4.09. The molecule has 0 fully saturated rings. The first-order chi connectivity index (χ1) is 8.11. The number of hydrogen-bond donors (Lipinski definition) is 1. The Bertz CT molecular complexity index is 519. The molecule has 17 heavy (non-hydrogen) atoms. The highest BCUT2D eigenvalue weighted by atomic mass is 19.1. The van der Waals surface area contributed by atoms with Crippen molar-refractivity contribution < 1.29 is 4.39 Å². The second-order valence-corrected chi connectivity index (χ2v) is 4.09. The summed E-state index contributed by atoms with van der Waals surface area (Å²) in [6, 6.07) is 6.07. The van der Waals surface area contributed by atoms with E-state index in [2.05, 4.69) is 5.10 Å². The molecule has 0 aliphatic carbocycles. The van der Waals surface area contributed by atoms with Gasteiger partial charge in [0.2, 0.25) is 0 Å². The predicted molar refractivity (Wildman–Crippen MR) is 65.0 cm³/mol. The van der Waals surface area contributed by atoms with Gasteiger partial charge < -0.3 is 5.73 Å². The van der Waals surface area contributed by atoms with Crippen LogP contribution in [0.15, 0.2) is 30.5 Å². The maximum absolute atomic E-state index is 13.2. The van der Waals surface area contributed by atoms with Gasteiger partial charge in [0.05, 0.1) is 11.7 Å². The molecule has 0 aliphatic rings. The maximum Gasteiger partial charge on any atom is 0.123 e. The summed E-state index contributed by atoms with van der Waals surface area (Å²) < 4.78 is 14.9. The van der Waals surface area contributed by atoms with Gasteiger partial charge >= 0.3 is 0 Å². The first kappa shape index (κ1) is 11.8. The van der Waals surface area contributed by atoms with Gasteiger partial charge in [-0.2, -0.15) is 5.10 Å². The Morgan fingerprint density at radius 2 is 2.24 bits per heavy atom. The van der Waals surface area contributed by atoms with Crippen LogP contribution in [0.4, 0.5) is 4.39 Å². The van der Waals surface area contributed by atoms with Crippen molar-refractivity contribution in [3.63, 3.8) is 0 Å². The lowest BCUT2D eigenvalue weighted by Gasteiger charge is -2.11. The summed E-state index contributed by atoms with van der Waals surface area (Å²) in [6.45, 7) is 2.03. The molecule has 3 nitrogen and oxygen atoms in total. The first-order valence-corrected chi connectivity index (χ1v) is 5.65. The highest BCUT2D eigenvalue weighted by Gasteiger charge is 2.15. The van der Waals surface area contributed by atoms with Gasteiger partial charge in [-0.25, -0.2) is 4.39 Å². The van der Waals surface area contributed by atoms with Crippen LogP contribution in [0.3, 0.4) is 0 Å². The Hall–Kier alpha value is -1.68. The zero-order valence-electron chi connectivity index (χ0n) is 10.0. The van der Waals surface area contributed by atoms with E-state index < -0.39 is 0 Å². The fraction of sp³-hybridized carbons (Fsp3) is 0.308. The monoisotopic (exact) mass is 233 g/mol. The van der Waals surface area contributed by atoms with Gasteiger partial charge in [-0.1, -0.05) is 19.1 Å². The van der Waals surface area contributed by atoms with E-state index in [0.717, 1.165) is 23.2 Å². The Morgan fingerprint density at radius 3 is 2.88 bits per heavy atom. The van der Waals surface area contributed by atoms with E-state index in [4.69, 9.17) is 5.73 Å². The van der Waals surface area contributed by atoms with E-state index in [1.807, 2.05) is 26.2 Å². The first-order valence-electron chi connectivity index (χ1n) is 5.65. The maximum atomic E-state index is 13.2. The molecule has 1 unspecified atom stereocenters. The van der Waals surface area contributed by atoms with E-state index in [0.29, 0.717) is 0 Å². The summed E-state index contributed by atoms with van der Waals surface area (Å²) in [5.74, 6) is -0.264. The van der Waals surface area contributed by atoms with E-state index in [1.165, 1.54) is 12.1 Å². The largest absolute Gasteiger partial charge is 0.320 e. The van der Waals surface area contributed by atoms with E-state index in [9.17, 15) is 4.39 Å². The third-order valence-corrected chi connectivity index (χ3v) is 2.82. The normalized spacial score (nSPS) is 12.7. The summed E-state index contributed by atoms with van der Waals surface area (Å²) in [6.07, 6.45) is 2.72. The molecule has 4 heteroatoms. The number of hydrogen-bond acceptors (Lipinski definition) is 2. The van der Waals surface area contributed by atoms with Crippen molar-refractivity contribution in [2.75, 3.05) is 0 Å². The zero-order chi connectivity index (χ0) is 12.4. The molecule has 0 saturated heterocycles. The van der Waals surface area contributed by atoms with Crippen molar-refractivity contribution in [2.45, 2.75) is 19.4 Å². The lowest BCUT2D eigenvalue weighted by molar-refractivity contribution is 0.623. The molecule has 1 aromatic heterocycles. The van der Waals surface area contributed by atoms with Crippen molar-refractivity contribution in [1.29, 1.82) is 0 Å². The molecule has 0 saturated carbocycles. The van der Waals surface area contributed by atoms with E-state index in [-0.39, 0.29) is 11.9 Å². The van der Waals surface area contributed by atoms with Gasteiger partial charge in [0, 0.05) is 18.8 Å². The Morgan fingerprint density at radius 1 is 1.47 bits per heavy atom. The number of rotatable bonds is 3. The van der Waals surface area contributed by atoms with Crippen LogP contribution in [-0.4, -0.2) is 9.78 Å². The van der Waals surface area contributed by atoms with Crippen LogP contribution in [0.1, 0.15) is 29.8 Å². The summed E-state index contributed by atoms with van der Waals surface area (Å²) in [4.78, 5) is 0. The number of nitrogens with two attached hydrogens (primary N) is 1. The van der Waals surface area contributed by atoms with Crippen LogP contribution in [0.5, 0.6) is 0 Å². The Labute approximate surface area is 100 Å². The second kappa shape index (κ2) is 4.67. The minimum atomic E-state index is -0.325. The Kier molecular flexibility index (Phi) is 3.24. The van der Waals surface area contributed by atoms with Crippen LogP contribution in [0, 0.1) is 5.82 Å². The van der Waals surface area contributed by atoms with Crippen molar-refractivity contribution in [3.8, 4) is 0 Å². The van der Waals surface area contributed by atoms with Gasteiger partial charge in [0.1, 0.15) is 5.82 Å². The average Bonchev–Trinajstić information content (AvgIpc) is 2.69. The van der Waals surface area contributed by atoms with Crippen molar-refractivity contribution in [3.05, 3.63) is 53.1 Å². The number of benzene rings is 1. The van der Waals surface area contributed by atoms with Gasteiger partial charge in [-0.15, -0.1) is 0 Å². The number of halogens is 1. The highest BCUT2D eigenvalue weighted by Crippen LogP contribution is 2.22. The van der Waals surface area contributed by atoms with Crippen LogP contribution in [0.25, 0.3) is 0 Å². The lowest BCUT2D eigenvalue weighted by atomic mass is 9.99. The standard InChI is InChI=1S/C13H16FN3/c1-3-12-11(8-17(2)16-12)13(15)9-5-4-6-10(14)7-9/h4-8,13H,3,15H2,1-2H3. The molecule has 0 spiro atoms. The molecule has 1 heterocycles. The van der Waals surface area contributed by atoms with Gasteiger partial charge in [0.25, 0.3) is 0 Å². The summed E-state index contributed by atoms with van der Waals surface area (Å²) in [7, 11) is 1.86. The summed E-state index contributed by atoms with van der Waals surface area (Å²) in [5.41, 5.74) is 8.85. The minimum Gasteiger partial charge on any atom is -0.320 e. The molecule has 0 bridgehead atoms. The quantitative estimate of drug-likeness (QED) is 0.883. The van der Waals surface area contributed by atoms with Crippen LogP contribution in [-0.2, 0) is 13.5 Å². The molecular formula is C13H16FN3. The molecule has 1 atom stereocenters. The fourth-order valence-electron chi connectivity index (χ4n) is 1.97. The minimum absolute atomic E-state index is 0.264. The molecule has 2 aromatic rings. The third-order valence-electron chi connectivity index (χ3n) is 2.82. The highest BCUT2D eigenvalue weighted by molar-refractivity contribution is 5.32. The van der Waals surface area contributed by atoms with Crippen molar-refractivity contribution in [2.24, 2.45) is 12.8 Å². The SMILES string of the molecule is CCc1nn(C)cc1C(N)c1cccc(F)c1. The molecule has 0 amide bonds. The number of nitrogens with zero attached hydrogens (tertiary/aromatic N) is 2. The van der Waals surface area contributed by atoms with Gasteiger partial charge in [-0.3, -0.25) is 4.68 Å². The zero-order valence-corrected chi connectivity index (χ0v) is 10.0. The van der Waals surface area contributed by atoms with Gasteiger partial charge in [0.15, 0.2) is 0 Å². The van der Waals surface area contributed by atoms with Crippen LogP contribution in [0.2, 0.25) is 0 Å². The molecule has 0 radical (unpaired) electrons. The molecular weight excluding hydrogens is 217 g/mol. The predicted octanol–water partition coefficient (Wildman–Crippen LogP) is 2.17. The van der Waals surface area contributed by atoms with Crippen LogP contribution < -0.4 is 5.73 Å². The lowest BCUT2D eigenvalue weighted by Crippen LogP contribution is -2.13. The fourth-order valence-corrected chi connectivity index (χ4v) is 1.97. The molecule has 2 N–H and O–H groups in total. The van der Waals surface area contributed by atoms with Gasteiger partial charge in [-0.05, 0) is 24.1 Å². The molecule has 0 aliphatic heterocycles. The number of aryl methyl sites for hydroxylation is 2. The van der Waals surface area contributed by atoms with Crippen molar-refractivity contribution >= 4 is 0 Å². The summed E-state index contributed by atoms with van der Waals surface area (Å²) in [5, 5.41) is 4.34.